The number of hydrogen-bond acceptors (Lipinski definition) is 7. The van der Waals surface area contributed by atoms with Crippen molar-refractivity contribution in [3.05, 3.63) is 77.9 Å². The highest BCUT2D eigenvalue weighted by Crippen LogP contribution is 2.35. The molecule has 0 spiro atoms. The van der Waals surface area contributed by atoms with Crippen LogP contribution in [0.5, 0.6) is 0 Å². The summed E-state index contributed by atoms with van der Waals surface area (Å²) in [6.45, 7) is 0.554. The van der Waals surface area contributed by atoms with Crippen molar-refractivity contribution in [3.63, 3.8) is 0 Å². The second kappa shape index (κ2) is 8.17. The fourth-order valence-corrected chi connectivity index (χ4v) is 4.45. The summed E-state index contributed by atoms with van der Waals surface area (Å²) in [4.78, 5) is 40.8. The van der Waals surface area contributed by atoms with Crippen LogP contribution in [-0.2, 0) is 21.0 Å². The van der Waals surface area contributed by atoms with Gasteiger partial charge in [0.25, 0.3) is 11.8 Å². The fraction of sp³-hybridized carbons (Fsp3) is 0.120. The molecule has 6 rings (SSSR count). The molecule has 172 valence electrons. The first-order valence-corrected chi connectivity index (χ1v) is 11.0. The zero-order valence-electron chi connectivity index (χ0n) is 18.3. The van der Waals surface area contributed by atoms with Gasteiger partial charge >= 0.3 is 5.97 Å². The standard InChI is InChI=1S/C25H18N6O4/c32-21-12-13-22(33)31(21)35-25(34)16-10-8-15(9-11-16)14-30-19-6-2-1-4-17(19)23-18(5-3-7-20(23)30)24-26-28-29-27-24/h1-11H,12-14H2,(H,26,27,28,29). The van der Waals surface area contributed by atoms with Gasteiger partial charge in [-0.15, -0.1) is 15.3 Å². The number of hydrogen-bond donors (Lipinski definition) is 1. The van der Waals surface area contributed by atoms with Crippen LogP contribution in [0.4, 0.5) is 0 Å². The van der Waals surface area contributed by atoms with E-state index in [2.05, 4.69) is 43.4 Å². The first kappa shape index (κ1) is 20.7. The minimum atomic E-state index is -0.748. The molecule has 0 bridgehead atoms. The molecule has 1 aliphatic rings. The lowest BCUT2D eigenvalue weighted by Gasteiger charge is -2.13. The van der Waals surface area contributed by atoms with Crippen LogP contribution < -0.4 is 0 Å². The predicted octanol–water partition coefficient (Wildman–Crippen LogP) is 3.24. The van der Waals surface area contributed by atoms with Crippen molar-refractivity contribution in [1.29, 1.82) is 0 Å². The molecule has 0 saturated carbocycles. The van der Waals surface area contributed by atoms with Gasteiger partial charge in [0.15, 0.2) is 0 Å². The lowest BCUT2D eigenvalue weighted by molar-refractivity contribution is -0.172. The van der Waals surface area contributed by atoms with Crippen LogP contribution in [0.3, 0.4) is 0 Å². The van der Waals surface area contributed by atoms with Gasteiger partial charge in [0.2, 0.25) is 5.82 Å². The topological polar surface area (TPSA) is 123 Å². The van der Waals surface area contributed by atoms with E-state index in [0.717, 1.165) is 32.9 Å². The van der Waals surface area contributed by atoms with E-state index >= 15 is 0 Å². The number of carbonyl (C=O) groups is 3. The normalized spacial score (nSPS) is 13.8. The number of imide groups is 1. The lowest BCUT2D eigenvalue weighted by atomic mass is 10.1. The Morgan fingerprint density at radius 1 is 0.914 bits per heavy atom. The summed E-state index contributed by atoms with van der Waals surface area (Å²) in [5, 5.41) is 17.2. The molecule has 10 nitrogen and oxygen atoms in total. The molecular formula is C25H18N6O4. The molecule has 10 heteroatoms. The molecule has 5 aromatic rings. The van der Waals surface area contributed by atoms with E-state index in [4.69, 9.17) is 4.84 Å². The second-order valence-corrected chi connectivity index (χ2v) is 8.20. The fourth-order valence-electron chi connectivity index (χ4n) is 4.45. The summed E-state index contributed by atoms with van der Waals surface area (Å²) >= 11 is 0. The Morgan fingerprint density at radius 2 is 1.66 bits per heavy atom. The molecule has 0 radical (unpaired) electrons. The Labute approximate surface area is 198 Å². The molecule has 1 N–H and O–H groups in total. The summed E-state index contributed by atoms with van der Waals surface area (Å²) in [5.41, 5.74) is 4.16. The van der Waals surface area contributed by atoms with Gasteiger partial charge in [0.05, 0.1) is 11.1 Å². The number of benzene rings is 3. The largest absolute Gasteiger partial charge is 0.363 e. The Bertz CT molecular complexity index is 1590. The van der Waals surface area contributed by atoms with E-state index < -0.39 is 17.8 Å². The monoisotopic (exact) mass is 466 g/mol. The molecule has 0 unspecified atom stereocenters. The van der Waals surface area contributed by atoms with Gasteiger partial charge in [-0.25, -0.2) is 4.79 Å². The van der Waals surface area contributed by atoms with E-state index in [1.165, 1.54) is 0 Å². The number of carbonyl (C=O) groups excluding carboxylic acids is 3. The van der Waals surface area contributed by atoms with E-state index in [1.807, 2.05) is 36.4 Å². The van der Waals surface area contributed by atoms with Crippen LogP contribution >= 0.6 is 0 Å². The number of rotatable bonds is 5. The number of aromatic nitrogens is 5. The van der Waals surface area contributed by atoms with Gasteiger partial charge < -0.3 is 9.40 Å². The maximum Gasteiger partial charge on any atom is 0.363 e. The molecule has 35 heavy (non-hydrogen) atoms. The number of nitrogens with zero attached hydrogens (tertiary/aromatic N) is 5. The highest BCUT2D eigenvalue weighted by molar-refractivity contribution is 6.14. The maximum absolute atomic E-state index is 12.4. The summed E-state index contributed by atoms with van der Waals surface area (Å²) in [5.74, 6) is -1.24. The van der Waals surface area contributed by atoms with Crippen LogP contribution in [0.25, 0.3) is 33.2 Å². The average Bonchev–Trinajstić information content (AvgIpc) is 3.60. The lowest BCUT2D eigenvalue weighted by Crippen LogP contribution is -2.32. The van der Waals surface area contributed by atoms with Crippen molar-refractivity contribution in [2.45, 2.75) is 19.4 Å². The van der Waals surface area contributed by atoms with Crippen molar-refractivity contribution in [3.8, 4) is 11.4 Å². The molecular weight excluding hydrogens is 448 g/mol. The van der Waals surface area contributed by atoms with Gasteiger partial charge in [-0.2, -0.15) is 5.21 Å². The van der Waals surface area contributed by atoms with Gasteiger partial charge in [-0.1, -0.05) is 42.5 Å². The molecule has 3 aromatic carbocycles. The SMILES string of the molecule is O=C(ON1C(=O)CCC1=O)c1ccc(Cn2c3ccccc3c3c(-c4nn[nH]n4)cccc32)cc1. The van der Waals surface area contributed by atoms with E-state index in [9.17, 15) is 14.4 Å². The molecule has 1 fully saturated rings. The number of hydroxylamine groups is 2. The molecule has 1 saturated heterocycles. The summed E-state index contributed by atoms with van der Waals surface area (Å²) < 4.78 is 2.20. The third-order valence-corrected chi connectivity index (χ3v) is 6.09. The van der Waals surface area contributed by atoms with Crippen LogP contribution in [0.15, 0.2) is 66.7 Å². The number of tetrazole rings is 1. The number of fused-ring (bicyclic) bond motifs is 3. The van der Waals surface area contributed by atoms with Crippen LogP contribution in [0, 0.1) is 0 Å². The Balaban J connectivity index is 1.34. The minimum Gasteiger partial charge on any atom is -0.336 e. The first-order valence-electron chi connectivity index (χ1n) is 11.0. The van der Waals surface area contributed by atoms with Gasteiger partial charge in [-0.3, -0.25) is 9.59 Å². The van der Waals surface area contributed by atoms with Crippen molar-refractivity contribution < 1.29 is 19.2 Å². The van der Waals surface area contributed by atoms with Crippen LogP contribution in [0.2, 0.25) is 0 Å². The number of nitrogens with one attached hydrogen (secondary N) is 1. The van der Waals surface area contributed by atoms with Gasteiger partial charge in [0, 0.05) is 41.2 Å². The highest BCUT2D eigenvalue weighted by Gasteiger charge is 2.33. The third-order valence-electron chi connectivity index (χ3n) is 6.09. The van der Waals surface area contributed by atoms with Crippen molar-refractivity contribution in [2.24, 2.45) is 0 Å². The molecule has 1 aliphatic heterocycles. The Hall–Kier alpha value is -4.86. The zero-order chi connectivity index (χ0) is 23.9. The van der Waals surface area contributed by atoms with Crippen molar-refractivity contribution in [2.75, 3.05) is 0 Å². The molecule has 0 atom stereocenters. The number of aromatic amines is 1. The van der Waals surface area contributed by atoms with E-state index in [-0.39, 0.29) is 18.4 Å². The maximum atomic E-state index is 12.4. The van der Waals surface area contributed by atoms with E-state index in [1.54, 1.807) is 12.1 Å². The van der Waals surface area contributed by atoms with Crippen LogP contribution in [-0.4, -0.2) is 48.0 Å². The minimum absolute atomic E-state index is 0.0538. The van der Waals surface area contributed by atoms with Crippen molar-refractivity contribution >= 4 is 39.6 Å². The zero-order valence-corrected chi connectivity index (χ0v) is 18.3. The van der Waals surface area contributed by atoms with Crippen molar-refractivity contribution in [1.82, 2.24) is 30.3 Å². The molecule has 3 heterocycles. The summed E-state index contributed by atoms with van der Waals surface area (Å²) in [6, 6.07) is 21.0. The van der Waals surface area contributed by atoms with Gasteiger partial charge in [-0.05, 0) is 35.0 Å². The first-order chi connectivity index (χ1) is 17.1. The van der Waals surface area contributed by atoms with E-state index in [0.29, 0.717) is 17.4 Å². The average molecular weight is 466 g/mol. The molecule has 2 amide bonds. The Morgan fingerprint density at radius 3 is 2.40 bits per heavy atom. The number of H-pyrrole nitrogens is 1. The molecule has 2 aromatic heterocycles. The third kappa shape index (κ3) is 3.52. The molecule has 0 aliphatic carbocycles. The quantitative estimate of drug-likeness (QED) is 0.395. The smallest absolute Gasteiger partial charge is 0.336 e. The van der Waals surface area contributed by atoms with Gasteiger partial charge in [0.1, 0.15) is 0 Å². The number of amides is 2. The summed E-state index contributed by atoms with van der Waals surface area (Å²) in [7, 11) is 0. The second-order valence-electron chi connectivity index (χ2n) is 8.20. The number of para-hydroxylation sites is 1. The Kier molecular flexibility index (Phi) is 4.84. The predicted molar refractivity (Wildman–Crippen MR) is 125 cm³/mol. The summed E-state index contributed by atoms with van der Waals surface area (Å²) in [6.07, 6.45) is 0.108. The highest BCUT2D eigenvalue weighted by atomic mass is 16.7. The van der Waals surface area contributed by atoms with Crippen LogP contribution in [0.1, 0.15) is 28.8 Å².